The van der Waals surface area contributed by atoms with Crippen LogP contribution in [0.5, 0.6) is 5.75 Å². The van der Waals surface area contributed by atoms with Crippen LogP contribution in [0.4, 0.5) is 0 Å². The Morgan fingerprint density at radius 3 is 2.61 bits per heavy atom. The lowest BCUT2D eigenvalue weighted by molar-refractivity contribution is 0.416. The van der Waals surface area contributed by atoms with Gasteiger partial charge in [-0.3, -0.25) is 0 Å². The van der Waals surface area contributed by atoms with E-state index in [4.69, 9.17) is 4.74 Å². The van der Waals surface area contributed by atoms with Gasteiger partial charge in [-0.25, -0.2) is 4.98 Å². The topological polar surface area (TPSA) is 37.9 Å². The Hall–Kier alpha value is -2.29. The second-order valence-electron chi connectivity index (χ2n) is 4.22. The highest BCUT2D eigenvalue weighted by Crippen LogP contribution is 2.33. The first-order valence-electron chi connectivity index (χ1n) is 5.88. The van der Waals surface area contributed by atoms with Crippen molar-refractivity contribution in [2.45, 2.75) is 6.92 Å². The second kappa shape index (κ2) is 4.18. The molecule has 2 aromatic carbocycles. The predicted molar refractivity (Wildman–Crippen MR) is 72.8 cm³/mol. The van der Waals surface area contributed by atoms with E-state index in [0.29, 0.717) is 0 Å². The fraction of sp³-hybridized carbons (Fsp3) is 0.133. The molecule has 0 aliphatic carbocycles. The third-order valence-corrected chi connectivity index (χ3v) is 3.03. The predicted octanol–water partition coefficient (Wildman–Crippen LogP) is 3.55. The van der Waals surface area contributed by atoms with Crippen molar-refractivity contribution in [2.24, 2.45) is 0 Å². The number of rotatable bonds is 2. The zero-order valence-electron chi connectivity index (χ0n) is 10.4. The second-order valence-corrected chi connectivity index (χ2v) is 4.22. The van der Waals surface area contributed by atoms with Gasteiger partial charge in [0.1, 0.15) is 11.6 Å². The fourth-order valence-electron chi connectivity index (χ4n) is 2.24. The summed E-state index contributed by atoms with van der Waals surface area (Å²) >= 11 is 0. The quantitative estimate of drug-likeness (QED) is 0.741. The van der Waals surface area contributed by atoms with Crippen molar-refractivity contribution < 1.29 is 4.74 Å². The number of fused-ring (bicyclic) bond motifs is 1. The van der Waals surface area contributed by atoms with Crippen LogP contribution in [-0.2, 0) is 0 Å². The Balaban J connectivity index is 2.31. The Morgan fingerprint density at radius 1 is 1.00 bits per heavy atom. The lowest BCUT2D eigenvalue weighted by Crippen LogP contribution is -1.88. The third-order valence-electron chi connectivity index (χ3n) is 3.03. The molecule has 0 saturated heterocycles. The molecule has 0 unspecified atom stereocenters. The van der Waals surface area contributed by atoms with Crippen LogP contribution < -0.4 is 4.74 Å². The molecule has 0 aliphatic heterocycles. The molecule has 3 aromatic rings. The monoisotopic (exact) mass is 238 g/mol. The highest BCUT2D eigenvalue weighted by atomic mass is 16.5. The normalized spacial score (nSPS) is 10.8. The molecule has 90 valence electrons. The molecule has 1 aromatic heterocycles. The highest BCUT2D eigenvalue weighted by molar-refractivity contribution is 5.93. The van der Waals surface area contributed by atoms with Gasteiger partial charge in [0.05, 0.1) is 18.1 Å². The number of aromatic amines is 1. The molecule has 0 bridgehead atoms. The van der Waals surface area contributed by atoms with Gasteiger partial charge in [0.25, 0.3) is 0 Å². The number of aryl methyl sites for hydroxylation is 1. The molecule has 3 nitrogen and oxygen atoms in total. The fourth-order valence-corrected chi connectivity index (χ4v) is 2.24. The van der Waals surface area contributed by atoms with E-state index in [1.807, 2.05) is 37.3 Å². The number of ether oxygens (including phenoxy) is 1. The van der Waals surface area contributed by atoms with E-state index in [9.17, 15) is 0 Å². The van der Waals surface area contributed by atoms with Crippen LogP contribution in [0.2, 0.25) is 0 Å². The van der Waals surface area contributed by atoms with E-state index >= 15 is 0 Å². The molecular weight excluding hydrogens is 224 g/mol. The minimum Gasteiger partial charge on any atom is -0.496 e. The number of imidazole rings is 1. The summed E-state index contributed by atoms with van der Waals surface area (Å²) in [6, 6.07) is 14.1. The molecule has 0 amide bonds. The molecule has 0 saturated carbocycles. The molecule has 0 aliphatic rings. The smallest absolute Gasteiger partial charge is 0.126 e. The van der Waals surface area contributed by atoms with Crippen LogP contribution >= 0.6 is 0 Å². The summed E-state index contributed by atoms with van der Waals surface area (Å²) in [6.45, 7) is 1.96. The molecule has 18 heavy (non-hydrogen) atoms. The third kappa shape index (κ3) is 1.64. The summed E-state index contributed by atoms with van der Waals surface area (Å²) in [4.78, 5) is 7.81. The minimum atomic E-state index is 0.866. The summed E-state index contributed by atoms with van der Waals surface area (Å²) in [7, 11) is 1.69. The van der Waals surface area contributed by atoms with Gasteiger partial charge in [-0.05, 0) is 19.1 Å². The standard InChI is InChI=1S/C15H14N2O/c1-10-16-13-8-5-7-12(15(13)17-10)11-6-3-4-9-14(11)18-2/h3-9H,1-2H3,(H,16,17). The average Bonchev–Trinajstić information content (AvgIpc) is 2.78. The van der Waals surface area contributed by atoms with Crippen LogP contribution in [-0.4, -0.2) is 17.1 Å². The number of nitrogens with one attached hydrogen (secondary N) is 1. The number of H-pyrrole nitrogens is 1. The summed E-state index contributed by atoms with van der Waals surface area (Å²) in [5.74, 6) is 1.79. The molecular formula is C15H14N2O. The Morgan fingerprint density at radius 2 is 1.78 bits per heavy atom. The maximum atomic E-state index is 5.42. The van der Waals surface area contributed by atoms with Crippen LogP contribution in [0.1, 0.15) is 5.82 Å². The molecule has 3 rings (SSSR count). The SMILES string of the molecule is COc1ccccc1-c1cccc2[nH]c(C)nc12. The number of aromatic nitrogens is 2. The van der Waals surface area contributed by atoms with Gasteiger partial charge in [0.2, 0.25) is 0 Å². The first-order valence-corrected chi connectivity index (χ1v) is 5.88. The molecule has 0 radical (unpaired) electrons. The zero-order valence-corrected chi connectivity index (χ0v) is 10.4. The molecule has 0 fully saturated rings. The number of hydrogen-bond donors (Lipinski definition) is 1. The Kier molecular flexibility index (Phi) is 2.52. The maximum Gasteiger partial charge on any atom is 0.126 e. The summed E-state index contributed by atoms with van der Waals surface area (Å²) in [5.41, 5.74) is 4.20. The largest absolute Gasteiger partial charge is 0.496 e. The first-order chi connectivity index (χ1) is 8.79. The Labute approximate surface area is 105 Å². The van der Waals surface area contributed by atoms with E-state index in [2.05, 4.69) is 22.1 Å². The van der Waals surface area contributed by atoms with Crippen LogP contribution in [0.25, 0.3) is 22.2 Å². The molecule has 3 heteroatoms. The van der Waals surface area contributed by atoms with E-state index in [1.54, 1.807) is 7.11 Å². The number of nitrogens with zero attached hydrogens (tertiary/aromatic N) is 1. The van der Waals surface area contributed by atoms with Crippen molar-refractivity contribution >= 4 is 11.0 Å². The van der Waals surface area contributed by atoms with E-state index < -0.39 is 0 Å². The van der Waals surface area contributed by atoms with Crippen molar-refractivity contribution in [2.75, 3.05) is 7.11 Å². The van der Waals surface area contributed by atoms with Gasteiger partial charge in [-0.1, -0.05) is 30.3 Å². The van der Waals surface area contributed by atoms with Crippen molar-refractivity contribution in [3.8, 4) is 16.9 Å². The van der Waals surface area contributed by atoms with Crippen LogP contribution in [0.15, 0.2) is 42.5 Å². The summed E-state index contributed by atoms with van der Waals surface area (Å²) in [5, 5.41) is 0. The Bertz CT molecular complexity index is 701. The maximum absolute atomic E-state index is 5.42. The lowest BCUT2D eigenvalue weighted by atomic mass is 10.0. The highest BCUT2D eigenvalue weighted by Gasteiger charge is 2.10. The number of methoxy groups -OCH3 is 1. The zero-order chi connectivity index (χ0) is 12.5. The van der Waals surface area contributed by atoms with Gasteiger partial charge in [-0.15, -0.1) is 0 Å². The lowest BCUT2D eigenvalue weighted by Gasteiger charge is -2.08. The van der Waals surface area contributed by atoms with Gasteiger partial charge in [0.15, 0.2) is 0 Å². The van der Waals surface area contributed by atoms with Crippen LogP contribution in [0.3, 0.4) is 0 Å². The molecule has 1 heterocycles. The van der Waals surface area contributed by atoms with Gasteiger partial charge in [-0.2, -0.15) is 0 Å². The van der Waals surface area contributed by atoms with Gasteiger partial charge >= 0.3 is 0 Å². The van der Waals surface area contributed by atoms with E-state index in [1.165, 1.54) is 0 Å². The van der Waals surface area contributed by atoms with Gasteiger partial charge < -0.3 is 9.72 Å². The molecule has 0 spiro atoms. The minimum absolute atomic E-state index is 0.866. The molecule has 0 atom stereocenters. The first kappa shape index (κ1) is 10.8. The van der Waals surface area contributed by atoms with Crippen LogP contribution in [0, 0.1) is 6.92 Å². The summed E-state index contributed by atoms with van der Waals surface area (Å²) < 4.78 is 5.42. The average molecular weight is 238 g/mol. The van der Waals surface area contributed by atoms with E-state index in [0.717, 1.165) is 33.7 Å². The van der Waals surface area contributed by atoms with Crippen molar-refractivity contribution in [3.63, 3.8) is 0 Å². The van der Waals surface area contributed by atoms with Crippen molar-refractivity contribution in [3.05, 3.63) is 48.3 Å². The molecule has 1 N–H and O–H groups in total. The van der Waals surface area contributed by atoms with Crippen molar-refractivity contribution in [1.29, 1.82) is 0 Å². The van der Waals surface area contributed by atoms with E-state index in [-0.39, 0.29) is 0 Å². The summed E-state index contributed by atoms with van der Waals surface area (Å²) in [6.07, 6.45) is 0. The van der Waals surface area contributed by atoms with Gasteiger partial charge in [0, 0.05) is 11.1 Å². The van der Waals surface area contributed by atoms with Crippen molar-refractivity contribution in [1.82, 2.24) is 9.97 Å². The number of hydrogen-bond acceptors (Lipinski definition) is 2. The number of benzene rings is 2. The number of para-hydroxylation sites is 2.